The topological polar surface area (TPSA) is 198 Å². The maximum absolute atomic E-state index is 16.5. The lowest BCUT2D eigenvalue weighted by molar-refractivity contribution is -0.155. The predicted octanol–water partition coefficient (Wildman–Crippen LogP) is 4.85. The molecule has 0 radical (unpaired) electrons. The molecule has 3 fully saturated rings. The number of aryl methyl sites for hydroxylation is 1. The highest BCUT2D eigenvalue weighted by Gasteiger charge is 2.51. The number of halogens is 1. The van der Waals surface area contributed by atoms with Crippen LogP contribution in [-0.4, -0.2) is 136 Å². The zero-order valence-electron chi connectivity index (χ0n) is 40.4. The number of likely N-dealkylation sites (tertiary alicyclic amines) is 1. The Morgan fingerprint density at radius 2 is 1.85 bits per heavy atom. The lowest BCUT2D eigenvalue weighted by atomic mass is 9.84. The van der Waals surface area contributed by atoms with E-state index in [-0.39, 0.29) is 56.3 Å². The smallest absolute Gasteiger partial charge is 0.324 e. The lowest BCUT2D eigenvalue weighted by Gasteiger charge is -2.37. The van der Waals surface area contributed by atoms with E-state index in [4.69, 9.17) is 14.5 Å². The summed E-state index contributed by atoms with van der Waals surface area (Å²) in [7, 11) is 3.03. The molecule has 0 unspecified atom stereocenters. The van der Waals surface area contributed by atoms with Crippen LogP contribution in [0.4, 0.5) is 4.39 Å². The third-order valence-electron chi connectivity index (χ3n) is 13.9. The highest BCUT2D eigenvalue weighted by Crippen LogP contribution is 2.42. The van der Waals surface area contributed by atoms with Crippen LogP contribution in [0, 0.1) is 11.3 Å². The molecule has 2 aromatic heterocycles. The molecule has 2 aromatic carbocycles. The van der Waals surface area contributed by atoms with Gasteiger partial charge in [0, 0.05) is 81.3 Å². The molecule has 68 heavy (non-hydrogen) atoms. The average molecular weight is 937 g/mol. The van der Waals surface area contributed by atoms with Gasteiger partial charge in [-0.25, -0.2) is 9.82 Å². The number of hydrogen-bond donors (Lipinski definition) is 4. The summed E-state index contributed by atoms with van der Waals surface area (Å²) in [5.74, 6) is -3.50. The molecule has 364 valence electrons. The van der Waals surface area contributed by atoms with Gasteiger partial charge in [-0.2, -0.15) is 0 Å². The number of benzene rings is 2. The van der Waals surface area contributed by atoms with E-state index in [0.717, 1.165) is 43.9 Å². The van der Waals surface area contributed by atoms with E-state index in [2.05, 4.69) is 59.6 Å². The number of methoxy groups -OCH3 is 1. The number of cyclic esters (lactones) is 1. The number of phenols is 1. The fraction of sp³-hybridized carbons (Fsp3) is 0.529. The van der Waals surface area contributed by atoms with Gasteiger partial charge in [0.25, 0.3) is 11.8 Å². The van der Waals surface area contributed by atoms with Crippen LogP contribution in [0.3, 0.4) is 0 Å². The number of aromatic nitrogens is 2. The van der Waals surface area contributed by atoms with Crippen LogP contribution in [0.2, 0.25) is 0 Å². The number of alkyl halides is 1. The van der Waals surface area contributed by atoms with E-state index >= 15 is 4.39 Å². The van der Waals surface area contributed by atoms with E-state index in [9.17, 15) is 29.1 Å². The van der Waals surface area contributed by atoms with Crippen molar-refractivity contribution in [2.75, 3.05) is 46.9 Å². The van der Waals surface area contributed by atoms with Gasteiger partial charge in [-0.3, -0.25) is 34.0 Å². The van der Waals surface area contributed by atoms with Crippen LogP contribution in [0.15, 0.2) is 54.7 Å². The molecule has 0 spiro atoms. The number of hydrazine groups is 1. The van der Waals surface area contributed by atoms with Gasteiger partial charge in [0.2, 0.25) is 17.5 Å². The van der Waals surface area contributed by atoms with Crippen molar-refractivity contribution in [2.24, 2.45) is 11.3 Å². The third-order valence-corrected chi connectivity index (χ3v) is 13.9. The number of carbonyl (C=O) groups is 5. The highest BCUT2D eigenvalue weighted by atomic mass is 19.1. The normalized spacial score (nSPS) is 23.8. The zero-order valence-corrected chi connectivity index (χ0v) is 40.4. The number of hydrogen-bond acceptors (Lipinski definition) is 11. The second-order valence-corrected chi connectivity index (χ2v) is 20.1. The third kappa shape index (κ3) is 9.70. The van der Waals surface area contributed by atoms with E-state index < -0.39 is 65.4 Å². The van der Waals surface area contributed by atoms with Crippen molar-refractivity contribution < 1.29 is 42.9 Å². The molecule has 6 heterocycles. The number of ether oxygens (including phenoxy) is 2. The lowest BCUT2D eigenvalue weighted by Crippen LogP contribution is -2.62. The molecule has 4 amide bonds. The van der Waals surface area contributed by atoms with Crippen molar-refractivity contribution in [2.45, 2.75) is 116 Å². The van der Waals surface area contributed by atoms with Crippen LogP contribution < -0.4 is 16.1 Å². The molecule has 3 saturated heterocycles. The Balaban J connectivity index is 1.18. The van der Waals surface area contributed by atoms with Gasteiger partial charge in [0.1, 0.15) is 23.9 Å². The Morgan fingerprint density at radius 3 is 2.56 bits per heavy atom. The first-order chi connectivity index (χ1) is 32.3. The van der Waals surface area contributed by atoms with Crippen molar-refractivity contribution in [3.63, 3.8) is 0 Å². The monoisotopic (exact) mass is 936 g/mol. The summed E-state index contributed by atoms with van der Waals surface area (Å²) in [4.78, 5) is 77.1. The molecule has 6 bridgehead atoms. The number of esters is 1. The van der Waals surface area contributed by atoms with Crippen LogP contribution in [0.5, 0.6) is 5.75 Å². The summed E-state index contributed by atoms with van der Waals surface area (Å²) in [6.45, 7) is 12.8. The average Bonchev–Trinajstić information content (AvgIpc) is 4.03. The fourth-order valence-electron chi connectivity index (χ4n) is 10.3. The van der Waals surface area contributed by atoms with Crippen molar-refractivity contribution in [1.29, 1.82) is 0 Å². The highest BCUT2D eigenvalue weighted by molar-refractivity contribution is 5.97. The van der Waals surface area contributed by atoms with Crippen LogP contribution in [0.1, 0.15) is 83.7 Å². The Hall–Kier alpha value is -5.91. The summed E-state index contributed by atoms with van der Waals surface area (Å²) in [5, 5.41) is 19.5. The second kappa shape index (κ2) is 19.2. The molecular weight excluding hydrogens is 872 g/mol. The molecule has 4 N–H and O–H groups in total. The number of nitrogens with one attached hydrogen (secondary N) is 3. The van der Waals surface area contributed by atoms with E-state index in [1.165, 1.54) is 17.0 Å². The largest absolute Gasteiger partial charge is 0.508 e. The number of rotatable bonds is 10. The van der Waals surface area contributed by atoms with Gasteiger partial charge in [0.15, 0.2) is 0 Å². The fourth-order valence-corrected chi connectivity index (χ4v) is 10.3. The van der Waals surface area contributed by atoms with Crippen molar-refractivity contribution in [3.8, 4) is 28.1 Å². The minimum Gasteiger partial charge on any atom is -0.508 e. The minimum atomic E-state index is -2.40. The van der Waals surface area contributed by atoms with Crippen molar-refractivity contribution >= 4 is 40.5 Å². The van der Waals surface area contributed by atoms with Crippen molar-refractivity contribution in [3.05, 3.63) is 71.5 Å². The number of amides is 4. The first-order valence-electron chi connectivity index (χ1n) is 23.8. The summed E-state index contributed by atoms with van der Waals surface area (Å²) in [6.07, 6.45) is 2.57. The van der Waals surface area contributed by atoms with E-state index in [0.29, 0.717) is 43.5 Å². The second-order valence-electron chi connectivity index (χ2n) is 20.1. The van der Waals surface area contributed by atoms with Gasteiger partial charge in [-0.05, 0) is 97.7 Å². The van der Waals surface area contributed by atoms with Crippen LogP contribution in [0.25, 0.3) is 33.3 Å². The maximum Gasteiger partial charge on any atom is 0.324 e. The van der Waals surface area contributed by atoms with E-state index in [1.54, 1.807) is 39.3 Å². The number of phenolic OH excluding ortho intramolecular Hbond substituents is 1. The predicted molar refractivity (Wildman–Crippen MR) is 254 cm³/mol. The zero-order chi connectivity index (χ0) is 48.8. The summed E-state index contributed by atoms with van der Waals surface area (Å²) in [6, 6.07) is 11.5. The number of likely N-dealkylation sites (N-methyl/N-ethyl adjacent to an activating group) is 1. The quantitative estimate of drug-likeness (QED) is 0.125. The molecule has 6 atom stereocenters. The van der Waals surface area contributed by atoms with Gasteiger partial charge >= 0.3 is 5.97 Å². The first kappa shape index (κ1) is 48.5. The summed E-state index contributed by atoms with van der Waals surface area (Å²) in [5.41, 5.74) is 6.85. The Kier molecular flexibility index (Phi) is 13.7. The Labute approximate surface area is 396 Å². The number of aromatic hydroxyl groups is 1. The van der Waals surface area contributed by atoms with Gasteiger partial charge in [0.05, 0.1) is 36.7 Å². The standard InChI is InChI=1S/C51H65FN8O8/c1-9-59-41-15-14-32-24-36(41)37(44(59)35-12-10-17-53-42(35)30(4)67-8)25-50(5,6)28-68-48(65)38-13-11-18-60(56-38)47(64)39(22-31-20-33(32)23-34(61)21-31)55-45(62)43(29(2)3)57(7)49(66)51(52)16-19-58(27-51)46(63)40-26-54-40/h10,12,14-15,17,20-21,23-24,29-30,38-40,43,54,56,61H,9,11,13,16,18-19,22,25-28H2,1-8H3,(H,55,62)/t30-,38-,39-,40-,43-,51-/m0/s1. The molecule has 0 saturated carbocycles. The number of carbonyl (C=O) groups excluding carboxylic acids is 5. The van der Waals surface area contributed by atoms with E-state index in [1.807, 2.05) is 25.1 Å². The van der Waals surface area contributed by atoms with Crippen molar-refractivity contribution in [1.82, 2.24) is 40.4 Å². The SMILES string of the molecule is CCn1c(-c2cccnc2[C@H](C)OC)c2c3cc(ccc31)-c1cc(O)cc(c1)C[C@H](NC(=O)[C@H](C(C)C)N(C)C(=O)[C@]1(F)CCN(C(=O)[C@@H]3CN3)C1)C(=O)N1CCC[C@H](N1)C(=O)OCC(C)(C)C2. The minimum absolute atomic E-state index is 0.0506. The molecule has 0 aliphatic carbocycles. The number of fused-ring (bicyclic) bond motifs is 6. The Morgan fingerprint density at radius 1 is 1.09 bits per heavy atom. The molecule has 4 aromatic rings. The maximum atomic E-state index is 16.5. The molecule has 17 heteroatoms. The Bertz CT molecular complexity index is 2610. The van der Waals surface area contributed by atoms with Gasteiger partial charge in [-0.1, -0.05) is 39.8 Å². The molecule has 16 nitrogen and oxygen atoms in total. The molecule has 4 aliphatic rings. The number of nitrogens with zero attached hydrogens (tertiary/aromatic N) is 5. The molecule has 8 rings (SSSR count). The number of pyridine rings is 1. The van der Waals surface area contributed by atoms with Gasteiger partial charge in [-0.15, -0.1) is 0 Å². The first-order valence-corrected chi connectivity index (χ1v) is 23.8. The van der Waals surface area contributed by atoms with Crippen LogP contribution in [-0.2, 0) is 52.8 Å². The summed E-state index contributed by atoms with van der Waals surface area (Å²) < 4.78 is 30.7. The molecular formula is C51H65FN8O8. The van der Waals surface area contributed by atoms with Gasteiger partial charge < -0.3 is 39.6 Å². The van der Waals surface area contributed by atoms with Crippen LogP contribution >= 0.6 is 0 Å². The molecule has 4 aliphatic heterocycles. The summed E-state index contributed by atoms with van der Waals surface area (Å²) >= 11 is 0.